The molecular weight excluding hydrogens is 326 g/mol. The van der Waals surface area contributed by atoms with Crippen LogP contribution in [0.3, 0.4) is 0 Å². The Morgan fingerprint density at radius 3 is 2.15 bits per heavy atom. The van der Waals surface area contributed by atoms with Gasteiger partial charge in [-0.25, -0.2) is 0 Å². The van der Waals surface area contributed by atoms with E-state index < -0.39 is 0 Å². The van der Waals surface area contributed by atoms with Gasteiger partial charge < -0.3 is 14.4 Å². The molecule has 0 saturated carbocycles. The second-order valence-corrected chi connectivity index (χ2v) is 6.62. The summed E-state index contributed by atoms with van der Waals surface area (Å²) < 4.78 is 1.50. The minimum Gasteiger partial charge on any atom is -0.368 e. The Hall–Kier alpha value is -3.08. The van der Waals surface area contributed by atoms with Gasteiger partial charge in [-0.2, -0.15) is 0 Å². The SMILES string of the molecule is Cn1cc(C(=O)N2CCN(c3ccccc3)CC2)c2ccccc2c1=O. The number of anilines is 1. The molecule has 1 amide bonds. The standard InChI is InChI=1S/C21H21N3O2/c1-22-15-19(17-9-5-6-10-18(17)20(22)25)21(26)24-13-11-23(12-14-24)16-7-3-2-4-8-16/h2-10,15H,11-14H2,1H3. The molecule has 26 heavy (non-hydrogen) atoms. The number of hydrogen-bond acceptors (Lipinski definition) is 3. The fraction of sp³-hybridized carbons (Fsp3) is 0.238. The lowest BCUT2D eigenvalue weighted by Gasteiger charge is -2.36. The number of carbonyl (C=O) groups excluding carboxylic acids is 1. The van der Waals surface area contributed by atoms with Gasteiger partial charge in [0.05, 0.1) is 5.56 Å². The fourth-order valence-electron chi connectivity index (χ4n) is 3.56. The van der Waals surface area contributed by atoms with Gasteiger partial charge in [0.1, 0.15) is 0 Å². The maximum atomic E-state index is 13.1. The van der Waals surface area contributed by atoms with Crippen molar-refractivity contribution in [1.29, 1.82) is 0 Å². The number of para-hydroxylation sites is 1. The van der Waals surface area contributed by atoms with E-state index in [-0.39, 0.29) is 11.5 Å². The molecule has 132 valence electrons. The van der Waals surface area contributed by atoms with Gasteiger partial charge in [0.25, 0.3) is 11.5 Å². The summed E-state index contributed by atoms with van der Waals surface area (Å²) in [5, 5.41) is 1.31. The summed E-state index contributed by atoms with van der Waals surface area (Å²) in [5.41, 5.74) is 1.70. The van der Waals surface area contributed by atoms with E-state index in [1.54, 1.807) is 19.3 Å². The number of aryl methyl sites for hydroxylation is 1. The summed E-state index contributed by atoms with van der Waals surface area (Å²) in [6, 6.07) is 17.6. The predicted molar refractivity (Wildman–Crippen MR) is 104 cm³/mol. The molecule has 5 nitrogen and oxygen atoms in total. The van der Waals surface area contributed by atoms with Gasteiger partial charge in [-0.15, -0.1) is 0 Å². The first-order chi connectivity index (χ1) is 12.6. The molecule has 0 spiro atoms. The van der Waals surface area contributed by atoms with Crippen molar-refractivity contribution < 1.29 is 4.79 Å². The molecule has 2 aromatic carbocycles. The third kappa shape index (κ3) is 2.86. The number of carbonyl (C=O) groups is 1. The number of rotatable bonds is 2. The van der Waals surface area contributed by atoms with Crippen molar-refractivity contribution in [3.05, 3.63) is 76.7 Å². The monoisotopic (exact) mass is 347 g/mol. The zero-order chi connectivity index (χ0) is 18.1. The molecule has 0 unspecified atom stereocenters. The van der Waals surface area contributed by atoms with Crippen LogP contribution >= 0.6 is 0 Å². The zero-order valence-corrected chi connectivity index (χ0v) is 14.8. The van der Waals surface area contributed by atoms with Crippen LogP contribution in [0.1, 0.15) is 10.4 Å². The van der Waals surface area contributed by atoms with Crippen LogP contribution in [0, 0.1) is 0 Å². The third-order valence-electron chi connectivity index (χ3n) is 5.01. The first-order valence-corrected chi connectivity index (χ1v) is 8.83. The number of amides is 1. The average Bonchev–Trinajstić information content (AvgIpc) is 2.71. The van der Waals surface area contributed by atoms with Crippen molar-refractivity contribution in [2.75, 3.05) is 31.1 Å². The van der Waals surface area contributed by atoms with E-state index in [1.807, 2.05) is 41.3 Å². The normalized spacial score (nSPS) is 14.7. The second-order valence-electron chi connectivity index (χ2n) is 6.62. The van der Waals surface area contributed by atoms with Gasteiger partial charge in [-0.05, 0) is 18.2 Å². The molecule has 0 atom stereocenters. The van der Waals surface area contributed by atoms with Crippen molar-refractivity contribution in [3.63, 3.8) is 0 Å². The first kappa shape index (κ1) is 16.4. The van der Waals surface area contributed by atoms with Gasteiger partial charge in [0, 0.05) is 55.9 Å². The van der Waals surface area contributed by atoms with E-state index in [0.717, 1.165) is 18.5 Å². The summed E-state index contributed by atoms with van der Waals surface area (Å²) in [6.07, 6.45) is 1.66. The highest BCUT2D eigenvalue weighted by atomic mass is 16.2. The Balaban J connectivity index is 1.59. The Morgan fingerprint density at radius 2 is 1.46 bits per heavy atom. The Kier molecular flexibility index (Phi) is 4.21. The van der Waals surface area contributed by atoms with E-state index in [2.05, 4.69) is 17.0 Å². The highest BCUT2D eigenvalue weighted by molar-refractivity contribution is 6.06. The molecule has 1 aliphatic heterocycles. The molecule has 0 N–H and O–H groups in total. The van der Waals surface area contributed by atoms with Crippen LogP contribution in [0.4, 0.5) is 5.69 Å². The van der Waals surface area contributed by atoms with E-state index in [0.29, 0.717) is 24.0 Å². The van der Waals surface area contributed by atoms with Crippen LogP contribution in [0.2, 0.25) is 0 Å². The third-order valence-corrected chi connectivity index (χ3v) is 5.01. The van der Waals surface area contributed by atoms with Crippen molar-refractivity contribution >= 4 is 22.4 Å². The lowest BCUT2D eigenvalue weighted by atomic mass is 10.1. The van der Waals surface area contributed by atoms with Crippen molar-refractivity contribution in [1.82, 2.24) is 9.47 Å². The second kappa shape index (κ2) is 6.67. The first-order valence-electron chi connectivity index (χ1n) is 8.83. The van der Waals surface area contributed by atoms with Crippen LogP contribution in [-0.2, 0) is 7.05 Å². The summed E-state index contributed by atoms with van der Waals surface area (Å²) in [4.78, 5) is 29.6. The number of aromatic nitrogens is 1. The fourth-order valence-corrected chi connectivity index (χ4v) is 3.56. The van der Waals surface area contributed by atoms with Gasteiger partial charge in [-0.3, -0.25) is 9.59 Å². The number of pyridine rings is 1. The van der Waals surface area contributed by atoms with Crippen molar-refractivity contribution in [3.8, 4) is 0 Å². The average molecular weight is 347 g/mol. The molecule has 0 aliphatic carbocycles. The molecule has 1 saturated heterocycles. The molecule has 4 rings (SSSR count). The molecular formula is C21H21N3O2. The molecule has 0 radical (unpaired) electrons. The summed E-state index contributed by atoms with van der Waals surface area (Å²) in [6.45, 7) is 2.95. The minimum atomic E-state index is -0.0777. The van der Waals surface area contributed by atoms with Gasteiger partial charge in [0.15, 0.2) is 0 Å². The Labute approximate surface area is 152 Å². The number of hydrogen-bond donors (Lipinski definition) is 0. The number of fused-ring (bicyclic) bond motifs is 1. The van der Waals surface area contributed by atoms with Crippen molar-refractivity contribution in [2.45, 2.75) is 0 Å². The van der Waals surface area contributed by atoms with Crippen LogP contribution in [0.25, 0.3) is 10.8 Å². The van der Waals surface area contributed by atoms with Crippen LogP contribution in [0.5, 0.6) is 0 Å². The molecule has 2 heterocycles. The lowest BCUT2D eigenvalue weighted by molar-refractivity contribution is 0.0748. The molecule has 1 aliphatic rings. The number of nitrogens with zero attached hydrogens (tertiary/aromatic N) is 3. The zero-order valence-electron chi connectivity index (χ0n) is 14.8. The van der Waals surface area contributed by atoms with Gasteiger partial charge in [-0.1, -0.05) is 36.4 Å². The number of benzene rings is 2. The van der Waals surface area contributed by atoms with E-state index in [4.69, 9.17) is 0 Å². The van der Waals surface area contributed by atoms with E-state index in [1.165, 1.54) is 10.3 Å². The maximum Gasteiger partial charge on any atom is 0.258 e. The molecule has 5 heteroatoms. The number of piperazine rings is 1. The molecule has 1 aromatic heterocycles. The summed E-state index contributed by atoms with van der Waals surface area (Å²) in [7, 11) is 1.69. The highest BCUT2D eigenvalue weighted by Crippen LogP contribution is 2.20. The molecule has 1 fully saturated rings. The van der Waals surface area contributed by atoms with Crippen LogP contribution < -0.4 is 10.5 Å². The van der Waals surface area contributed by atoms with Gasteiger partial charge in [0.2, 0.25) is 0 Å². The quantitative estimate of drug-likeness (QED) is 0.715. The topological polar surface area (TPSA) is 45.6 Å². The smallest absolute Gasteiger partial charge is 0.258 e. The summed E-state index contributed by atoms with van der Waals surface area (Å²) >= 11 is 0. The molecule has 3 aromatic rings. The van der Waals surface area contributed by atoms with Crippen molar-refractivity contribution in [2.24, 2.45) is 7.05 Å². The highest BCUT2D eigenvalue weighted by Gasteiger charge is 2.24. The van der Waals surface area contributed by atoms with Crippen LogP contribution in [0.15, 0.2) is 65.6 Å². The molecule has 0 bridgehead atoms. The lowest BCUT2D eigenvalue weighted by Crippen LogP contribution is -2.49. The van der Waals surface area contributed by atoms with E-state index >= 15 is 0 Å². The predicted octanol–water partition coefficient (Wildman–Crippen LogP) is 2.50. The maximum absolute atomic E-state index is 13.1. The Morgan fingerprint density at radius 1 is 0.846 bits per heavy atom. The van der Waals surface area contributed by atoms with Gasteiger partial charge >= 0.3 is 0 Å². The minimum absolute atomic E-state index is 0.00971. The summed E-state index contributed by atoms with van der Waals surface area (Å²) in [5.74, 6) is -0.00971. The van der Waals surface area contributed by atoms with Crippen LogP contribution in [-0.4, -0.2) is 41.6 Å². The van der Waals surface area contributed by atoms with E-state index in [9.17, 15) is 9.59 Å². The largest absolute Gasteiger partial charge is 0.368 e. The Bertz CT molecular complexity index is 1000.